The Morgan fingerprint density at radius 3 is 3.05 bits per heavy atom. The van der Waals surface area contributed by atoms with E-state index < -0.39 is 6.04 Å². The van der Waals surface area contributed by atoms with Gasteiger partial charge in [0, 0.05) is 25.0 Å². The summed E-state index contributed by atoms with van der Waals surface area (Å²) in [6.07, 6.45) is 6.26. The smallest absolute Gasteiger partial charge is 0.242 e. The number of aromatic nitrogens is 2. The third kappa shape index (κ3) is 4.56. The fraction of sp³-hybridized carbons (Fsp3) is 0.667. The Hall–Kier alpha value is -1.89. The van der Waals surface area contributed by atoms with E-state index in [9.17, 15) is 9.59 Å². The van der Waals surface area contributed by atoms with Gasteiger partial charge in [0.05, 0.1) is 12.6 Å². The van der Waals surface area contributed by atoms with Crippen LogP contribution in [0.3, 0.4) is 0 Å². The molecule has 1 fully saturated rings. The van der Waals surface area contributed by atoms with Crippen LogP contribution in [0.15, 0.2) is 18.5 Å². The summed E-state index contributed by atoms with van der Waals surface area (Å²) in [6.45, 7) is 4.94. The number of nitrogens with zero attached hydrogens (tertiary/aromatic N) is 2. The summed E-state index contributed by atoms with van der Waals surface area (Å²) in [7, 11) is 0. The Morgan fingerprint density at radius 1 is 1.50 bits per heavy atom. The zero-order valence-corrected chi connectivity index (χ0v) is 13.2. The molecule has 7 heteroatoms. The standard InChI is InChI=1S/C15H25N5O2/c1-11(12(2)20-9-5-8-18-20)17-10-14(21)19-13-6-3-4-7-16-15(13)22/h5,8-9,11-13,17H,3-4,6-7,10H2,1-2H3,(H,16,22)(H,19,21)/t11-,12-,13+/m0/s1. The van der Waals surface area contributed by atoms with E-state index in [0.29, 0.717) is 13.0 Å². The van der Waals surface area contributed by atoms with Gasteiger partial charge in [0.25, 0.3) is 0 Å². The topological polar surface area (TPSA) is 88.0 Å². The zero-order valence-electron chi connectivity index (χ0n) is 13.2. The van der Waals surface area contributed by atoms with Crippen molar-refractivity contribution in [1.29, 1.82) is 0 Å². The van der Waals surface area contributed by atoms with Gasteiger partial charge in [0.15, 0.2) is 0 Å². The van der Waals surface area contributed by atoms with E-state index >= 15 is 0 Å². The van der Waals surface area contributed by atoms with Crippen molar-refractivity contribution in [2.45, 2.75) is 51.2 Å². The zero-order chi connectivity index (χ0) is 15.9. The lowest BCUT2D eigenvalue weighted by atomic mass is 10.1. The molecule has 2 rings (SSSR count). The summed E-state index contributed by atoms with van der Waals surface area (Å²) in [4.78, 5) is 23.8. The Balaban J connectivity index is 1.76. The Kier molecular flexibility index (Phi) is 5.94. The third-order valence-corrected chi connectivity index (χ3v) is 4.12. The summed E-state index contributed by atoms with van der Waals surface area (Å²) in [5.74, 6) is -0.231. The highest BCUT2D eigenvalue weighted by atomic mass is 16.2. The minimum atomic E-state index is -0.407. The molecule has 1 aromatic rings. The van der Waals surface area contributed by atoms with Gasteiger partial charge in [-0.1, -0.05) is 0 Å². The van der Waals surface area contributed by atoms with Crippen molar-refractivity contribution in [2.24, 2.45) is 0 Å². The Labute approximate surface area is 130 Å². The number of amides is 2. The molecule has 0 radical (unpaired) electrons. The Morgan fingerprint density at radius 2 is 2.32 bits per heavy atom. The minimum Gasteiger partial charge on any atom is -0.354 e. The van der Waals surface area contributed by atoms with E-state index in [2.05, 4.69) is 21.0 Å². The fourth-order valence-corrected chi connectivity index (χ4v) is 2.50. The van der Waals surface area contributed by atoms with Crippen molar-refractivity contribution in [3.05, 3.63) is 18.5 Å². The summed E-state index contributed by atoms with van der Waals surface area (Å²) in [5, 5.41) is 13.0. The first kappa shape index (κ1) is 16.5. The van der Waals surface area contributed by atoms with E-state index in [-0.39, 0.29) is 30.4 Å². The SMILES string of the molecule is C[C@H](NCC(=O)N[C@@H]1CCCCNC1=O)[C@H](C)n1cccn1. The first-order chi connectivity index (χ1) is 10.6. The molecule has 22 heavy (non-hydrogen) atoms. The van der Waals surface area contributed by atoms with Gasteiger partial charge in [-0.05, 0) is 39.2 Å². The lowest BCUT2D eigenvalue weighted by molar-refractivity contribution is -0.128. The highest BCUT2D eigenvalue weighted by Crippen LogP contribution is 2.08. The second kappa shape index (κ2) is 7.93. The van der Waals surface area contributed by atoms with Gasteiger partial charge >= 0.3 is 0 Å². The summed E-state index contributed by atoms with van der Waals surface area (Å²) >= 11 is 0. The number of hydrogen-bond acceptors (Lipinski definition) is 4. The van der Waals surface area contributed by atoms with Crippen LogP contribution in [0.25, 0.3) is 0 Å². The molecule has 122 valence electrons. The van der Waals surface area contributed by atoms with Crippen LogP contribution < -0.4 is 16.0 Å². The number of carbonyl (C=O) groups excluding carboxylic acids is 2. The van der Waals surface area contributed by atoms with E-state index in [4.69, 9.17) is 0 Å². The molecule has 0 bridgehead atoms. The van der Waals surface area contributed by atoms with Gasteiger partial charge in [-0.3, -0.25) is 14.3 Å². The van der Waals surface area contributed by atoms with E-state index in [1.807, 2.05) is 30.8 Å². The molecular weight excluding hydrogens is 282 g/mol. The number of nitrogens with one attached hydrogen (secondary N) is 3. The van der Waals surface area contributed by atoms with E-state index in [0.717, 1.165) is 12.8 Å². The summed E-state index contributed by atoms with van der Waals surface area (Å²) in [5.41, 5.74) is 0. The maximum absolute atomic E-state index is 12.0. The molecule has 1 saturated heterocycles. The summed E-state index contributed by atoms with van der Waals surface area (Å²) < 4.78 is 1.86. The van der Waals surface area contributed by atoms with Gasteiger partial charge in [-0.15, -0.1) is 0 Å². The average molecular weight is 307 g/mol. The molecule has 1 aliphatic heterocycles. The predicted molar refractivity (Wildman–Crippen MR) is 83.2 cm³/mol. The van der Waals surface area contributed by atoms with Crippen molar-refractivity contribution < 1.29 is 9.59 Å². The molecule has 2 heterocycles. The van der Waals surface area contributed by atoms with Crippen LogP contribution >= 0.6 is 0 Å². The second-order valence-electron chi connectivity index (χ2n) is 5.80. The lowest BCUT2D eigenvalue weighted by Gasteiger charge is -2.22. The fourth-order valence-electron chi connectivity index (χ4n) is 2.50. The third-order valence-electron chi connectivity index (χ3n) is 4.12. The molecule has 3 atom stereocenters. The van der Waals surface area contributed by atoms with E-state index in [1.165, 1.54) is 0 Å². The Bertz CT molecular complexity index is 488. The van der Waals surface area contributed by atoms with Crippen molar-refractivity contribution in [2.75, 3.05) is 13.1 Å². The number of hydrogen-bond donors (Lipinski definition) is 3. The van der Waals surface area contributed by atoms with Gasteiger partial charge < -0.3 is 16.0 Å². The molecule has 0 aliphatic carbocycles. The minimum absolute atomic E-state index is 0.0798. The van der Waals surface area contributed by atoms with Gasteiger partial charge in [0.1, 0.15) is 6.04 Å². The van der Waals surface area contributed by atoms with Crippen LogP contribution in [0.5, 0.6) is 0 Å². The van der Waals surface area contributed by atoms with Gasteiger partial charge in [-0.25, -0.2) is 0 Å². The molecule has 2 amide bonds. The first-order valence-corrected chi connectivity index (χ1v) is 7.87. The molecule has 3 N–H and O–H groups in total. The molecule has 0 unspecified atom stereocenters. The lowest BCUT2D eigenvalue weighted by Crippen LogP contribution is -2.49. The normalized spacial score (nSPS) is 21.5. The van der Waals surface area contributed by atoms with Crippen LogP contribution in [0, 0.1) is 0 Å². The van der Waals surface area contributed by atoms with Crippen molar-refractivity contribution in [3.63, 3.8) is 0 Å². The highest BCUT2D eigenvalue weighted by Gasteiger charge is 2.22. The molecular formula is C15H25N5O2. The maximum Gasteiger partial charge on any atom is 0.242 e. The maximum atomic E-state index is 12.0. The monoisotopic (exact) mass is 307 g/mol. The van der Waals surface area contributed by atoms with Gasteiger partial charge in [-0.2, -0.15) is 5.10 Å². The van der Waals surface area contributed by atoms with E-state index in [1.54, 1.807) is 6.20 Å². The molecule has 7 nitrogen and oxygen atoms in total. The molecule has 0 spiro atoms. The number of rotatable bonds is 6. The average Bonchev–Trinajstić information content (AvgIpc) is 2.97. The van der Waals surface area contributed by atoms with Crippen LogP contribution in [-0.2, 0) is 9.59 Å². The highest BCUT2D eigenvalue weighted by molar-refractivity contribution is 5.88. The van der Waals surface area contributed by atoms with Crippen molar-refractivity contribution in [3.8, 4) is 0 Å². The second-order valence-corrected chi connectivity index (χ2v) is 5.80. The molecule has 0 saturated carbocycles. The molecule has 0 aromatic carbocycles. The van der Waals surface area contributed by atoms with Crippen LogP contribution in [0.4, 0.5) is 0 Å². The van der Waals surface area contributed by atoms with Crippen LogP contribution in [0.2, 0.25) is 0 Å². The quantitative estimate of drug-likeness (QED) is 0.701. The van der Waals surface area contributed by atoms with Gasteiger partial charge in [0.2, 0.25) is 11.8 Å². The largest absolute Gasteiger partial charge is 0.354 e. The van der Waals surface area contributed by atoms with Crippen molar-refractivity contribution in [1.82, 2.24) is 25.7 Å². The van der Waals surface area contributed by atoms with Crippen LogP contribution in [-0.4, -0.2) is 46.8 Å². The molecule has 1 aliphatic rings. The first-order valence-electron chi connectivity index (χ1n) is 7.87. The van der Waals surface area contributed by atoms with Crippen molar-refractivity contribution >= 4 is 11.8 Å². The number of carbonyl (C=O) groups is 2. The molecule has 1 aromatic heterocycles. The van der Waals surface area contributed by atoms with Crippen LogP contribution in [0.1, 0.15) is 39.2 Å². The summed E-state index contributed by atoms with van der Waals surface area (Å²) in [6, 6.07) is 1.70. The predicted octanol–water partition coefficient (Wildman–Crippen LogP) is 0.207.